The first-order valence-corrected chi connectivity index (χ1v) is 12.6. The van der Waals surface area contributed by atoms with Gasteiger partial charge in [0.1, 0.15) is 0 Å². The maximum atomic E-state index is 13.7. The molecule has 176 valence electrons. The molecule has 0 saturated heterocycles. The minimum absolute atomic E-state index is 0.0544. The lowest BCUT2D eigenvalue weighted by molar-refractivity contribution is 0.102. The summed E-state index contributed by atoms with van der Waals surface area (Å²) in [5.74, 6) is -0.418. The molecule has 0 fully saturated rings. The summed E-state index contributed by atoms with van der Waals surface area (Å²) in [6, 6.07) is 16.7. The first-order chi connectivity index (χ1) is 16.2. The van der Waals surface area contributed by atoms with Crippen molar-refractivity contribution in [1.82, 2.24) is 9.13 Å². The van der Waals surface area contributed by atoms with Crippen molar-refractivity contribution in [2.24, 2.45) is 0 Å². The quantitative estimate of drug-likeness (QED) is 0.441. The Morgan fingerprint density at radius 3 is 2.06 bits per heavy atom. The summed E-state index contributed by atoms with van der Waals surface area (Å²) in [6.07, 6.45) is 0. The number of nitrogens with one attached hydrogen (secondary N) is 1. The summed E-state index contributed by atoms with van der Waals surface area (Å²) in [4.78, 5) is 26.1. The summed E-state index contributed by atoms with van der Waals surface area (Å²) in [5, 5.41) is 2.80. The number of fused-ring (bicyclic) bond motifs is 1. The van der Waals surface area contributed by atoms with Gasteiger partial charge < -0.3 is 5.32 Å². The number of aromatic nitrogens is 2. The van der Waals surface area contributed by atoms with Crippen molar-refractivity contribution in [1.29, 1.82) is 0 Å². The molecule has 0 aliphatic carbocycles. The number of sulfone groups is 1. The molecule has 4 aromatic rings. The van der Waals surface area contributed by atoms with Crippen molar-refractivity contribution in [2.45, 2.75) is 50.6 Å². The van der Waals surface area contributed by atoms with Gasteiger partial charge in [0.2, 0.25) is 9.84 Å². The highest BCUT2D eigenvalue weighted by Crippen LogP contribution is 2.32. The standard InChI is InChI=1S/C26H27N3O4S/c1-5-28-22-15-21(27-25(30)20-10-8-7-9-18(20)4)24(16-23(22)29(6-2)26(28)31)34(32,33)19-13-11-17(3)12-14-19/h7-16H,5-6H2,1-4H3,(H,27,30). The minimum atomic E-state index is -3.99. The van der Waals surface area contributed by atoms with Crippen LogP contribution in [-0.4, -0.2) is 23.5 Å². The lowest BCUT2D eigenvalue weighted by atomic mass is 10.1. The van der Waals surface area contributed by atoms with Crippen LogP contribution in [0.3, 0.4) is 0 Å². The molecule has 8 heteroatoms. The molecule has 1 heterocycles. The van der Waals surface area contributed by atoms with Crippen molar-refractivity contribution >= 4 is 32.5 Å². The number of carbonyl (C=O) groups is 1. The van der Waals surface area contributed by atoms with Gasteiger partial charge in [-0.1, -0.05) is 35.9 Å². The van der Waals surface area contributed by atoms with Crippen LogP contribution in [0.5, 0.6) is 0 Å². The molecule has 4 rings (SSSR count). The predicted octanol–water partition coefficient (Wildman–Crippen LogP) is 4.54. The van der Waals surface area contributed by atoms with E-state index in [1.807, 2.05) is 39.8 Å². The molecule has 0 saturated carbocycles. The smallest absolute Gasteiger partial charge is 0.321 e. The number of hydrogen-bond donors (Lipinski definition) is 1. The summed E-state index contributed by atoms with van der Waals surface area (Å²) >= 11 is 0. The molecule has 34 heavy (non-hydrogen) atoms. The van der Waals surface area contributed by atoms with Crippen molar-refractivity contribution in [3.8, 4) is 0 Å². The number of carbonyl (C=O) groups excluding carboxylic acids is 1. The molecule has 3 aromatic carbocycles. The molecule has 0 aliphatic rings. The van der Waals surface area contributed by atoms with Gasteiger partial charge in [0.25, 0.3) is 5.91 Å². The van der Waals surface area contributed by atoms with E-state index in [-0.39, 0.29) is 21.2 Å². The van der Waals surface area contributed by atoms with E-state index in [0.29, 0.717) is 29.7 Å². The van der Waals surface area contributed by atoms with E-state index >= 15 is 0 Å². The van der Waals surface area contributed by atoms with Crippen LogP contribution < -0.4 is 11.0 Å². The molecule has 0 unspecified atom stereocenters. The van der Waals surface area contributed by atoms with Gasteiger partial charge in [-0.25, -0.2) is 13.2 Å². The van der Waals surface area contributed by atoms with Crippen LogP contribution in [0, 0.1) is 13.8 Å². The van der Waals surface area contributed by atoms with Gasteiger partial charge in [-0.2, -0.15) is 0 Å². The van der Waals surface area contributed by atoms with Gasteiger partial charge in [0, 0.05) is 18.7 Å². The summed E-state index contributed by atoms with van der Waals surface area (Å²) in [5.41, 5.74) is 3.14. The second kappa shape index (κ2) is 8.95. The molecular formula is C26H27N3O4S. The fraction of sp³-hybridized carbons (Fsp3) is 0.231. The first kappa shape index (κ1) is 23.5. The number of amides is 1. The predicted molar refractivity (Wildman–Crippen MR) is 133 cm³/mol. The van der Waals surface area contributed by atoms with Crippen molar-refractivity contribution in [3.05, 3.63) is 87.8 Å². The first-order valence-electron chi connectivity index (χ1n) is 11.1. The summed E-state index contributed by atoms with van der Waals surface area (Å²) < 4.78 is 30.5. The SMILES string of the molecule is CCn1c(=O)n(CC)c2cc(S(=O)(=O)c3ccc(C)cc3)c(NC(=O)c3ccccc3C)cc21. The fourth-order valence-electron chi connectivity index (χ4n) is 4.13. The van der Waals surface area contributed by atoms with Crippen LogP contribution in [0.2, 0.25) is 0 Å². The van der Waals surface area contributed by atoms with Crippen LogP contribution >= 0.6 is 0 Å². The number of anilines is 1. The molecule has 0 spiro atoms. The van der Waals surface area contributed by atoms with E-state index in [1.165, 1.54) is 6.07 Å². The second-order valence-corrected chi connectivity index (χ2v) is 10.1. The zero-order valence-electron chi connectivity index (χ0n) is 19.6. The third-order valence-electron chi connectivity index (χ3n) is 6.01. The fourth-order valence-corrected chi connectivity index (χ4v) is 5.55. The van der Waals surface area contributed by atoms with Gasteiger partial charge in [-0.05, 0) is 63.6 Å². The summed E-state index contributed by atoms with van der Waals surface area (Å²) in [7, 11) is -3.99. The molecule has 0 atom stereocenters. The number of imidazole rings is 1. The number of benzene rings is 3. The van der Waals surface area contributed by atoms with E-state index in [9.17, 15) is 18.0 Å². The molecule has 7 nitrogen and oxygen atoms in total. The Labute approximate surface area is 198 Å². The molecule has 1 N–H and O–H groups in total. The molecular weight excluding hydrogens is 450 g/mol. The normalized spacial score (nSPS) is 11.6. The number of rotatable bonds is 6. The van der Waals surface area contributed by atoms with Crippen LogP contribution in [0.25, 0.3) is 11.0 Å². The van der Waals surface area contributed by atoms with Crippen molar-refractivity contribution in [3.63, 3.8) is 0 Å². The maximum absolute atomic E-state index is 13.7. The second-order valence-electron chi connectivity index (χ2n) is 8.19. The lowest BCUT2D eigenvalue weighted by Gasteiger charge is -2.14. The molecule has 0 radical (unpaired) electrons. The van der Waals surface area contributed by atoms with Gasteiger partial charge in [-0.3, -0.25) is 13.9 Å². The van der Waals surface area contributed by atoms with Crippen LogP contribution in [0.1, 0.15) is 35.3 Å². The van der Waals surface area contributed by atoms with Crippen molar-refractivity contribution in [2.75, 3.05) is 5.32 Å². The molecule has 1 aromatic heterocycles. The zero-order chi connectivity index (χ0) is 24.6. The Morgan fingerprint density at radius 1 is 0.882 bits per heavy atom. The molecule has 0 bridgehead atoms. The zero-order valence-corrected chi connectivity index (χ0v) is 20.4. The van der Waals surface area contributed by atoms with Gasteiger partial charge >= 0.3 is 5.69 Å². The highest BCUT2D eigenvalue weighted by atomic mass is 32.2. The largest absolute Gasteiger partial charge is 0.329 e. The number of hydrogen-bond acceptors (Lipinski definition) is 4. The molecule has 0 aliphatic heterocycles. The maximum Gasteiger partial charge on any atom is 0.329 e. The van der Waals surface area contributed by atoms with Crippen LogP contribution in [0.4, 0.5) is 5.69 Å². The Bertz CT molecular complexity index is 1560. The van der Waals surface area contributed by atoms with Gasteiger partial charge in [0.15, 0.2) is 0 Å². The van der Waals surface area contributed by atoms with Crippen LogP contribution in [-0.2, 0) is 22.9 Å². The summed E-state index contributed by atoms with van der Waals surface area (Å²) in [6.45, 7) is 8.19. The lowest BCUT2D eigenvalue weighted by Crippen LogP contribution is -2.23. The Kier molecular flexibility index (Phi) is 6.18. The highest BCUT2D eigenvalue weighted by molar-refractivity contribution is 7.91. The third-order valence-corrected chi connectivity index (χ3v) is 7.82. The van der Waals surface area contributed by atoms with Crippen molar-refractivity contribution < 1.29 is 13.2 Å². The monoisotopic (exact) mass is 477 g/mol. The molecule has 1 amide bonds. The number of aryl methyl sites for hydroxylation is 4. The van der Waals surface area contributed by atoms with Gasteiger partial charge in [-0.15, -0.1) is 0 Å². The van der Waals surface area contributed by atoms with Crippen LogP contribution in [0.15, 0.2) is 75.2 Å². The Balaban J connectivity index is 1.98. The van der Waals surface area contributed by atoms with E-state index in [0.717, 1.165) is 11.1 Å². The number of nitrogens with zero attached hydrogens (tertiary/aromatic N) is 2. The Morgan fingerprint density at radius 2 is 1.47 bits per heavy atom. The van der Waals surface area contributed by atoms with E-state index < -0.39 is 15.7 Å². The van der Waals surface area contributed by atoms with Gasteiger partial charge in [0.05, 0.1) is 26.5 Å². The average Bonchev–Trinajstić information content (AvgIpc) is 3.08. The topological polar surface area (TPSA) is 90.2 Å². The Hall–Kier alpha value is -3.65. The highest BCUT2D eigenvalue weighted by Gasteiger charge is 2.26. The minimum Gasteiger partial charge on any atom is -0.321 e. The van der Waals surface area contributed by atoms with E-state index in [1.54, 1.807) is 51.6 Å². The van der Waals surface area contributed by atoms with E-state index in [4.69, 9.17) is 0 Å². The average molecular weight is 478 g/mol. The third kappa shape index (κ3) is 3.94. The van der Waals surface area contributed by atoms with E-state index in [2.05, 4.69) is 5.32 Å².